The lowest BCUT2D eigenvalue weighted by Crippen LogP contribution is -2.30. The summed E-state index contributed by atoms with van der Waals surface area (Å²) in [5.41, 5.74) is 0.442. The van der Waals surface area contributed by atoms with Crippen molar-refractivity contribution in [2.24, 2.45) is 5.41 Å². The monoisotopic (exact) mass is 297 g/mol. The maximum Gasteiger partial charge on any atom is 0.240 e. The van der Waals surface area contributed by atoms with Gasteiger partial charge >= 0.3 is 0 Å². The molecule has 4 nitrogen and oxygen atoms in total. The Hall–Kier alpha value is -1.20. The number of nitrogens with one attached hydrogen (secondary N) is 1. The number of hydrogen-bond donors (Lipinski definition) is 1. The van der Waals surface area contributed by atoms with E-state index in [-0.39, 0.29) is 22.1 Å². The van der Waals surface area contributed by atoms with Gasteiger partial charge in [0.25, 0.3) is 0 Å². The van der Waals surface area contributed by atoms with Gasteiger partial charge in [-0.15, -0.1) is 0 Å². The fraction of sp³-hybridized carbons (Fsp3) is 0.533. The first-order chi connectivity index (χ1) is 9.02. The zero-order chi connectivity index (χ0) is 15.6. The quantitative estimate of drug-likeness (QED) is 0.908. The van der Waals surface area contributed by atoms with E-state index in [0.717, 1.165) is 5.56 Å². The first kappa shape index (κ1) is 16.9. The molecule has 0 aromatic heterocycles. The van der Waals surface area contributed by atoms with E-state index in [1.54, 1.807) is 26.0 Å². The van der Waals surface area contributed by atoms with Gasteiger partial charge in [-0.05, 0) is 31.5 Å². The SMILES string of the molecule is CC(C)NS(=O)(=O)c1ccc(CC(=O)C(C)(C)C)cc1. The van der Waals surface area contributed by atoms with Crippen LogP contribution in [0.5, 0.6) is 0 Å². The molecule has 1 N–H and O–H groups in total. The van der Waals surface area contributed by atoms with E-state index < -0.39 is 10.0 Å². The molecule has 0 bridgehead atoms. The predicted molar refractivity (Wildman–Crippen MR) is 80.1 cm³/mol. The van der Waals surface area contributed by atoms with E-state index in [1.807, 2.05) is 20.8 Å². The van der Waals surface area contributed by atoms with Crippen LogP contribution in [0.25, 0.3) is 0 Å². The molecule has 0 saturated heterocycles. The van der Waals surface area contributed by atoms with Crippen molar-refractivity contribution in [3.05, 3.63) is 29.8 Å². The lowest BCUT2D eigenvalue weighted by molar-refractivity contribution is -0.125. The summed E-state index contributed by atoms with van der Waals surface area (Å²) in [5.74, 6) is 0.133. The van der Waals surface area contributed by atoms with Gasteiger partial charge in [0, 0.05) is 17.9 Å². The zero-order valence-corrected chi connectivity index (χ0v) is 13.5. The minimum atomic E-state index is -3.47. The number of rotatable bonds is 5. The molecule has 0 atom stereocenters. The Morgan fingerprint density at radius 3 is 2.05 bits per heavy atom. The van der Waals surface area contributed by atoms with E-state index in [9.17, 15) is 13.2 Å². The molecule has 1 aromatic carbocycles. The highest BCUT2D eigenvalue weighted by molar-refractivity contribution is 7.89. The van der Waals surface area contributed by atoms with E-state index >= 15 is 0 Å². The van der Waals surface area contributed by atoms with Crippen LogP contribution in [0.3, 0.4) is 0 Å². The molecule has 0 radical (unpaired) electrons. The average molecular weight is 297 g/mol. The fourth-order valence-electron chi connectivity index (χ4n) is 1.62. The topological polar surface area (TPSA) is 63.2 Å². The van der Waals surface area contributed by atoms with Crippen LogP contribution in [0, 0.1) is 5.41 Å². The molecule has 0 heterocycles. The van der Waals surface area contributed by atoms with E-state index in [0.29, 0.717) is 6.42 Å². The first-order valence-corrected chi connectivity index (χ1v) is 8.15. The van der Waals surface area contributed by atoms with Gasteiger partial charge in [0.1, 0.15) is 5.78 Å². The van der Waals surface area contributed by atoms with Crippen LogP contribution < -0.4 is 4.72 Å². The molecule has 112 valence electrons. The summed E-state index contributed by atoms with van der Waals surface area (Å²) in [4.78, 5) is 12.2. The molecular formula is C15H23NO3S. The third kappa shape index (κ3) is 4.72. The average Bonchev–Trinajstić information content (AvgIpc) is 2.26. The van der Waals surface area contributed by atoms with Crippen molar-refractivity contribution in [1.82, 2.24) is 4.72 Å². The van der Waals surface area contributed by atoms with Crippen LogP contribution in [0.4, 0.5) is 0 Å². The van der Waals surface area contributed by atoms with Gasteiger partial charge in [-0.3, -0.25) is 4.79 Å². The third-order valence-electron chi connectivity index (χ3n) is 2.83. The van der Waals surface area contributed by atoms with Gasteiger partial charge in [0.05, 0.1) is 4.90 Å². The number of benzene rings is 1. The number of carbonyl (C=O) groups excluding carboxylic acids is 1. The number of ketones is 1. The Bertz CT molecular complexity index is 566. The summed E-state index contributed by atoms with van der Waals surface area (Å²) < 4.78 is 26.4. The molecule has 0 aliphatic heterocycles. The second kappa shape index (κ2) is 6.06. The molecule has 20 heavy (non-hydrogen) atoms. The minimum absolute atomic E-state index is 0.133. The Kier molecular flexibility index (Phi) is 5.10. The molecular weight excluding hydrogens is 274 g/mol. The minimum Gasteiger partial charge on any atom is -0.299 e. The number of carbonyl (C=O) groups is 1. The van der Waals surface area contributed by atoms with Crippen LogP contribution in [0.2, 0.25) is 0 Å². The normalized spacial score (nSPS) is 12.7. The van der Waals surface area contributed by atoms with Gasteiger partial charge in [0.2, 0.25) is 10.0 Å². The highest BCUT2D eigenvalue weighted by Crippen LogP contribution is 2.19. The molecule has 5 heteroatoms. The fourth-order valence-corrected chi connectivity index (χ4v) is 2.87. The highest BCUT2D eigenvalue weighted by Gasteiger charge is 2.21. The van der Waals surface area contributed by atoms with Crippen molar-refractivity contribution < 1.29 is 13.2 Å². The zero-order valence-electron chi connectivity index (χ0n) is 12.7. The summed E-state index contributed by atoms with van der Waals surface area (Å²) in [6, 6.07) is 6.31. The summed E-state index contributed by atoms with van der Waals surface area (Å²) in [7, 11) is -3.47. The lowest BCUT2D eigenvalue weighted by atomic mass is 9.87. The molecule has 1 aromatic rings. The molecule has 0 spiro atoms. The van der Waals surface area contributed by atoms with E-state index in [2.05, 4.69) is 4.72 Å². The summed E-state index contributed by atoms with van der Waals surface area (Å²) >= 11 is 0. The first-order valence-electron chi connectivity index (χ1n) is 6.67. The standard InChI is InChI=1S/C15H23NO3S/c1-11(2)16-20(18,19)13-8-6-12(7-9-13)10-14(17)15(3,4)5/h6-9,11,16H,10H2,1-5H3. The number of Topliss-reactive ketones (excluding diaryl/α,β-unsaturated/α-hetero) is 1. The van der Waals surface area contributed by atoms with Crippen LogP contribution in [-0.2, 0) is 21.2 Å². The second-order valence-corrected chi connectivity index (χ2v) is 7.98. The maximum absolute atomic E-state index is 12.0. The Morgan fingerprint density at radius 2 is 1.65 bits per heavy atom. The van der Waals surface area contributed by atoms with Crippen LogP contribution in [0.1, 0.15) is 40.2 Å². The molecule has 0 aliphatic carbocycles. The Morgan fingerprint density at radius 1 is 1.15 bits per heavy atom. The second-order valence-electron chi connectivity index (χ2n) is 6.27. The molecule has 1 rings (SSSR count). The molecule has 0 amide bonds. The van der Waals surface area contributed by atoms with Crippen molar-refractivity contribution in [3.8, 4) is 0 Å². The predicted octanol–water partition coefficient (Wildman–Crippen LogP) is 2.53. The van der Waals surface area contributed by atoms with Gasteiger partial charge in [-0.25, -0.2) is 13.1 Å². The van der Waals surface area contributed by atoms with Gasteiger partial charge in [-0.1, -0.05) is 32.9 Å². The van der Waals surface area contributed by atoms with Crippen molar-refractivity contribution >= 4 is 15.8 Å². The van der Waals surface area contributed by atoms with Crippen LogP contribution in [-0.4, -0.2) is 20.2 Å². The van der Waals surface area contributed by atoms with Gasteiger partial charge in [0.15, 0.2) is 0 Å². The molecule has 0 fully saturated rings. The highest BCUT2D eigenvalue weighted by atomic mass is 32.2. The van der Waals surface area contributed by atoms with Crippen LogP contribution in [0.15, 0.2) is 29.2 Å². The Balaban J connectivity index is 2.87. The van der Waals surface area contributed by atoms with Gasteiger partial charge in [-0.2, -0.15) is 0 Å². The number of hydrogen-bond acceptors (Lipinski definition) is 3. The van der Waals surface area contributed by atoms with Crippen LogP contribution >= 0.6 is 0 Å². The van der Waals surface area contributed by atoms with Crippen molar-refractivity contribution in [2.45, 2.75) is 52.0 Å². The van der Waals surface area contributed by atoms with Gasteiger partial charge < -0.3 is 0 Å². The van der Waals surface area contributed by atoms with E-state index in [1.165, 1.54) is 12.1 Å². The van der Waals surface area contributed by atoms with E-state index in [4.69, 9.17) is 0 Å². The van der Waals surface area contributed by atoms with Crippen molar-refractivity contribution in [2.75, 3.05) is 0 Å². The smallest absolute Gasteiger partial charge is 0.240 e. The summed E-state index contributed by atoms with van der Waals surface area (Å²) in [6.45, 7) is 9.17. The number of sulfonamides is 1. The van der Waals surface area contributed by atoms with Crippen molar-refractivity contribution in [1.29, 1.82) is 0 Å². The molecule has 0 saturated carbocycles. The summed E-state index contributed by atoms with van der Waals surface area (Å²) in [6.07, 6.45) is 0.321. The third-order valence-corrected chi connectivity index (χ3v) is 4.50. The molecule has 0 unspecified atom stereocenters. The van der Waals surface area contributed by atoms with Crippen molar-refractivity contribution in [3.63, 3.8) is 0 Å². The maximum atomic E-state index is 12.0. The molecule has 0 aliphatic rings. The largest absolute Gasteiger partial charge is 0.299 e. The summed E-state index contributed by atoms with van der Waals surface area (Å²) in [5, 5.41) is 0. The Labute approximate surface area is 121 Å². The lowest BCUT2D eigenvalue weighted by Gasteiger charge is -2.16.